The zero-order valence-corrected chi connectivity index (χ0v) is 9.84. The van der Waals surface area contributed by atoms with Crippen LogP contribution >= 0.6 is 11.3 Å². The molecule has 0 saturated heterocycles. The number of hydrogen-bond donors (Lipinski definition) is 1. The average molecular weight is 233 g/mol. The number of rotatable bonds is 2. The maximum absolute atomic E-state index is 10.8. The van der Waals surface area contributed by atoms with Gasteiger partial charge in [0.05, 0.1) is 21.8 Å². The number of aromatic nitrogens is 1. The third-order valence-electron chi connectivity index (χ3n) is 2.41. The SMILES string of the molecule is Cc1ccsc1-c1ccc(C(=O)O)c(C)n1. The minimum atomic E-state index is -0.931. The van der Waals surface area contributed by atoms with Gasteiger partial charge in [-0.2, -0.15) is 0 Å². The molecule has 2 aromatic rings. The summed E-state index contributed by atoms with van der Waals surface area (Å²) < 4.78 is 0. The second-order valence-corrected chi connectivity index (χ2v) is 4.48. The van der Waals surface area contributed by atoms with Crippen LogP contribution in [0.15, 0.2) is 23.6 Å². The minimum absolute atomic E-state index is 0.262. The predicted molar refractivity (Wildman–Crippen MR) is 64.0 cm³/mol. The van der Waals surface area contributed by atoms with Gasteiger partial charge in [-0.05, 0) is 43.0 Å². The molecule has 4 heteroatoms. The Labute approximate surface area is 97.4 Å². The fraction of sp³-hybridized carbons (Fsp3) is 0.167. The molecule has 0 amide bonds. The highest BCUT2D eigenvalue weighted by atomic mass is 32.1. The molecule has 2 rings (SSSR count). The molecule has 0 aliphatic heterocycles. The van der Waals surface area contributed by atoms with E-state index >= 15 is 0 Å². The summed E-state index contributed by atoms with van der Waals surface area (Å²) in [5, 5.41) is 10.9. The molecule has 16 heavy (non-hydrogen) atoms. The molecule has 82 valence electrons. The van der Waals surface area contributed by atoms with Gasteiger partial charge in [0.1, 0.15) is 0 Å². The first-order chi connectivity index (χ1) is 7.59. The highest BCUT2D eigenvalue weighted by Crippen LogP contribution is 2.27. The highest BCUT2D eigenvalue weighted by Gasteiger charge is 2.11. The van der Waals surface area contributed by atoms with Crippen LogP contribution in [0.5, 0.6) is 0 Å². The molecule has 0 atom stereocenters. The summed E-state index contributed by atoms with van der Waals surface area (Å²) in [5.74, 6) is -0.931. The Kier molecular flexibility index (Phi) is 2.75. The Hall–Kier alpha value is -1.68. The minimum Gasteiger partial charge on any atom is -0.478 e. The zero-order valence-electron chi connectivity index (χ0n) is 9.02. The summed E-state index contributed by atoms with van der Waals surface area (Å²) in [7, 11) is 0. The molecule has 0 bridgehead atoms. The summed E-state index contributed by atoms with van der Waals surface area (Å²) in [4.78, 5) is 16.3. The maximum atomic E-state index is 10.8. The van der Waals surface area contributed by atoms with E-state index in [0.717, 1.165) is 10.6 Å². The van der Waals surface area contributed by atoms with Crippen molar-refractivity contribution >= 4 is 17.3 Å². The number of carboxylic acid groups (broad SMARTS) is 1. The Bertz CT molecular complexity index is 546. The van der Waals surface area contributed by atoms with E-state index in [9.17, 15) is 4.79 Å². The largest absolute Gasteiger partial charge is 0.478 e. The first-order valence-electron chi connectivity index (χ1n) is 4.85. The van der Waals surface area contributed by atoms with Crippen LogP contribution in [0.3, 0.4) is 0 Å². The van der Waals surface area contributed by atoms with Crippen LogP contribution in [0.4, 0.5) is 0 Å². The van der Waals surface area contributed by atoms with Gasteiger partial charge in [-0.3, -0.25) is 4.98 Å². The van der Waals surface area contributed by atoms with Crippen molar-refractivity contribution in [2.75, 3.05) is 0 Å². The van der Waals surface area contributed by atoms with Gasteiger partial charge in [-0.15, -0.1) is 11.3 Å². The van der Waals surface area contributed by atoms with Crippen molar-refractivity contribution in [3.05, 3.63) is 40.4 Å². The predicted octanol–water partition coefficient (Wildman–Crippen LogP) is 3.13. The van der Waals surface area contributed by atoms with Gasteiger partial charge >= 0.3 is 5.97 Å². The molecule has 1 N–H and O–H groups in total. The molecule has 2 heterocycles. The lowest BCUT2D eigenvalue weighted by Gasteiger charge is -2.03. The van der Waals surface area contributed by atoms with Crippen LogP contribution in [0.1, 0.15) is 21.6 Å². The fourth-order valence-electron chi connectivity index (χ4n) is 1.55. The quantitative estimate of drug-likeness (QED) is 0.867. The van der Waals surface area contributed by atoms with Crippen LogP contribution in [0.25, 0.3) is 10.6 Å². The van der Waals surface area contributed by atoms with E-state index in [2.05, 4.69) is 4.98 Å². The summed E-state index contributed by atoms with van der Waals surface area (Å²) >= 11 is 1.62. The number of thiophene rings is 1. The van der Waals surface area contributed by atoms with Crippen molar-refractivity contribution in [3.8, 4) is 10.6 Å². The number of aryl methyl sites for hydroxylation is 2. The number of aromatic carboxylic acids is 1. The maximum Gasteiger partial charge on any atom is 0.337 e. The number of nitrogens with zero attached hydrogens (tertiary/aromatic N) is 1. The molecule has 0 aliphatic rings. The smallest absolute Gasteiger partial charge is 0.337 e. The second kappa shape index (κ2) is 4.06. The number of pyridine rings is 1. The van der Waals surface area contributed by atoms with Crippen LogP contribution in [-0.2, 0) is 0 Å². The Balaban J connectivity index is 2.50. The van der Waals surface area contributed by atoms with Crippen LogP contribution in [0, 0.1) is 13.8 Å². The number of hydrogen-bond acceptors (Lipinski definition) is 3. The molecule has 0 aromatic carbocycles. The van der Waals surface area contributed by atoms with Gasteiger partial charge in [-0.1, -0.05) is 0 Å². The molecule has 0 aliphatic carbocycles. The van der Waals surface area contributed by atoms with E-state index in [4.69, 9.17) is 5.11 Å². The average Bonchev–Trinajstić information content (AvgIpc) is 2.63. The third kappa shape index (κ3) is 1.84. The van der Waals surface area contributed by atoms with Crippen molar-refractivity contribution in [2.24, 2.45) is 0 Å². The van der Waals surface area contributed by atoms with Crippen molar-refractivity contribution in [1.82, 2.24) is 4.98 Å². The van der Waals surface area contributed by atoms with E-state index in [-0.39, 0.29) is 5.56 Å². The van der Waals surface area contributed by atoms with E-state index in [0.29, 0.717) is 5.69 Å². The Morgan fingerprint density at radius 1 is 1.31 bits per heavy atom. The molecular weight excluding hydrogens is 222 g/mol. The molecule has 0 radical (unpaired) electrons. The van der Waals surface area contributed by atoms with E-state index in [1.165, 1.54) is 5.56 Å². The molecule has 0 saturated carbocycles. The molecule has 2 aromatic heterocycles. The fourth-order valence-corrected chi connectivity index (χ4v) is 2.45. The highest BCUT2D eigenvalue weighted by molar-refractivity contribution is 7.13. The molecule has 0 spiro atoms. The van der Waals surface area contributed by atoms with Crippen LogP contribution in [0.2, 0.25) is 0 Å². The lowest BCUT2D eigenvalue weighted by atomic mass is 10.1. The van der Waals surface area contributed by atoms with Crippen molar-refractivity contribution in [3.63, 3.8) is 0 Å². The number of carbonyl (C=O) groups is 1. The third-order valence-corrected chi connectivity index (χ3v) is 3.45. The summed E-state index contributed by atoms with van der Waals surface area (Å²) in [6, 6.07) is 5.40. The first-order valence-corrected chi connectivity index (χ1v) is 5.73. The van der Waals surface area contributed by atoms with Crippen LogP contribution < -0.4 is 0 Å². The number of carboxylic acids is 1. The van der Waals surface area contributed by atoms with Gasteiger partial charge in [0.2, 0.25) is 0 Å². The Morgan fingerprint density at radius 3 is 2.56 bits per heavy atom. The summed E-state index contributed by atoms with van der Waals surface area (Å²) in [6.45, 7) is 3.74. The van der Waals surface area contributed by atoms with E-state index < -0.39 is 5.97 Å². The molecule has 0 unspecified atom stereocenters. The van der Waals surface area contributed by atoms with E-state index in [1.54, 1.807) is 30.4 Å². The topological polar surface area (TPSA) is 50.2 Å². The standard InChI is InChI=1S/C12H11NO2S/c1-7-5-6-16-11(7)10-4-3-9(12(14)15)8(2)13-10/h3-6H,1-2H3,(H,14,15). The van der Waals surface area contributed by atoms with Crippen molar-refractivity contribution < 1.29 is 9.90 Å². The van der Waals surface area contributed by atoms with Crippen molar-refractivity contribution in [1.29, 1.82) is 0 Å². The van der Waals surface area contributed by atoms with Gasteiger partial charge in [0.15, 0.2) is 0 Å². The molecule has 3 nitrogen and oxygen atoms in total. The first kappa shape index (κ1) is 10.8. The second-order valence-electron chi connectivity index (χ2n) is 3.57. The molecule has 0 fully saturated rings. The molecular formula is C12H11NO2S. The zero-order chi connectivity index (χ0) is 11.7. The monoisotopic (exact) mass is 233 g/mol. The van der Waals surface area contributed by atoms with Gasteiger partial charge < -0.3 is 5.11 Å². The lowest BCUT2D eigenvalue weighted by molar-refractivity contribution is 0.0695. The Morgan fingerprint density at radius 2 is 2.06 bits per heavy atom. The van der Waals surface area contributed by atoms with Gasteiger partial charge in [0.25, 0.3) is 0 Å². The van der Waals surface area contributed by atoms with Crippen LogP contribution in [-0.4, -0.2) is 16.1 Å². The summed E-state index contributed by atoms with van der Waals surface area (Å²) in [6.07, 6.45) is 0. The van der Waals surface area contributed by atoms with Gasteiger partial charge in [-0.25, -0.2) is 4.79 Å². The van der Waals surface area contributed by atoms with Gasteiger partial charge in [0, 0.05) is 0 Å². The normalized spacial score (nSPS) is 10.4. The van der Waals surface area contributed by atoms with E-state index in [1.807, 2.05) is 18.4 Å². The lowest BCUT2D eigenvalue weighted by Crippen LogP contribution is -2.01. The summed E-state index contributed by atoms with van der Waals surface area (Å²) in [5.41, 5.74) is 2.82. The van der Waals surface area contributed by atoms with Crippen molar-refractivity contribution in [2.45, 2.75) is 13.8 Å².